The zero-order chi connectivity index (χ0) is 13.0. The number of hydrogen-bond acceptors (Lipinski definition) is 7. The minimum Gasteiger partial charge on any atom is -0.383 e. The second-order valence-corrected chi connectivity index (χ2v) is 4.39. The van der Waals surface area contributed by atoms with E-state index in [0.717, 1.165) is 11.3 Å². The standard InChI is InChI=1S/C9H12N6O2S/c1-17-3-2-15-5-6(4-11-15)12-7(16)8-13-14-9(10)18-8/h4-5H,2-3H2,1H3,(H2,10,14)(H,12,16). The Bertz CT molecular complexity index is 537. The van der Waals surface area contributed by atoms with Gasteiger partial charge in [-0.25, -0.2) is 0 Å². The first-order chi connectivity index (χ1) is 8.69. The Morgan fingerprint density at radius 1 is 1.61 bits per heavy atom. The molecule has 2 heterocycles. The van der Waals surface area contributed by atoms with E-state index in [0.29, 0.717) is 18.8 Å². The highest BCUT2D eigenvalue weighted by Crippen LogP contribution is 2.13. The molecule has 18 heavy (non-hydrogen) atoms. The van der Waals surface area contributed by atoms with Crippen LogP contribution < -0.4 is 11.1 Å². The molecule has 0 saturated heterocycles. The van der Waals surface area contributed by atoms with Crippen LogP contribution in [0.3, 0.4) is 0 Å². The Kier molecular flexibility index (Phi) is 3.85. The molecule has 0 aromatic carbocycles. The second-order valence-electron chi connectivity index (χ2n) is 3.38. The van der Waals surface area contributed by atoms with Crippen molar-refractivity contribution in [3.8, 4) is 0 Å². The summed E-state index contributed by atoms with van der Waals surface area (Å²) in [7, 11) is 1.62. The van der Waals surface area contributed by atoms with Gasteiger partial charge in [0.05, 0.1) is 25.0 Å². The molecule has 1 amide bonds. The van der Waals surface area contributed by atoms with Crippen LogP contribution in [0.1, 0.15) is 9.80 Å². The van der Waals surface area contributed by atoms with Crippen LogP contribution >= 0.6 is 11.3 Å². The predicted molar refractivity (Wildman–Crippen MR) is 66.4 cm³/mol. The van der Waals surface area contributed by atoms with Crippen molar-refractivity contribution >= 4 is 28.1 Å². The second kappa shape index (κ2) is 5.56. The molecule has 0 saturated carbocycles. The van der Waals surface area contributed by atoms with E-state index in [2.05, 4.69) is 20.6 Å². The number of nitrogens with zero attached hydrogens (tertiary/aromatic N) is 4. The van der Waals surface area contributed by atoms with Crippen LogP contribution in [0.5, 0.6) is 0 Å². The summed E-state index contributed by atoms with van der Waals surface area (Å²) >= 11 is 1.03. The fraction of sp³-hybridized carbons (Fsp3) is 0.333. The highest BCUT2D eigenvalue weighted by molar-refractivity contribution is 7.16. The van der Waals surface area contributed by atoms with E-state index < -0.39 is 0 Å². The lowest BCUT2D eigenvalue weighted by atomic mass is 10.5. The lowest BCUT2D eigenvalue weighted by Crippen LogP contribution is -2.11. The number of nitrogens with one attached hydrogen (secondary N) is 1. The summed E-state index contributed by atoms with van der Waals surface area (Å²) in [6.45, 7) is 1.18. The maximum atomic E-state index is 11.7. The summed E-state index contributed by atoms with van der Waals surface area (Å²) in [4.78, 5) is 11.7. The molecule has 9 heteroatoms. The highest BCUT2D eigenvalue weighted by atomic mass is 32.1. The molecule has 0 spiro atoms. The number of nitrogens with two attached hydrogens (primary N) is 1. The van der Waals surface area contributed by atoms with Crippen molar-refractivity contribution in [1.29, 1.82) is 0 Å². The van der Waals surface area contributed by atoms with E-state index in [1.165, 1.54) is 0 Å². The number of carbonyl (C=O) groups excluding carboxylic acids is 1. The zero-order valence-electron chi connectivity index (χ0n) is 9.66. The van der Waals surface area contributed by atoms with Gasteiger partial charge in [-0.1, -0.05) is 11.3 Å². The van der Waals surface area contributed by atoms with Gasteiger partial charge in [0.15, 0.2) is 0 Å². The number of anilines is 2. The summed E-state index contributed by atoms with van der Waals surface area (Å²) < 4.78 is 6.60. The number of ether oxygens (including phenoxy) is 1. The van der Waals surface area contributed by atoms with E-state index in [4.69, 9.17) is 10.5 Å². The molecule has 0 bridgehead atoms. The Morgan fingerprint density at radius 2 is 2.44 bits per heavy atom. The van der Waals surface area contributed by atoms with Gasteiger partial charge in [-0.3, -0.25) is 9.48 Å². The third-order valence-electron chi connectivity index (χ3n) is 2.05. The molecule has 0 aliphatic carbocycles. The summed E-state index contributed by atoms with van der Waals surface area (Å²) in [5.41, 5.74) is 5.99. The van der Waals surface area contributed by atoms with Crippen LogP contribution in [0.25, 0.3) is 0 Å². The first kappa shape index (κ1) is 12.5. The summed E-state index contributed by atoms with van der Waals surface area (Å²) in [5.74, 6) is -0.351. The third kappa shape index (κ3) is 3.02. The first-order valence-electron chi connectivity index (χ1n) is 5.11. The van der Waals surface area contributed by atoms with E-state index in [9.17, 15) is 4.79 Å². The minimum absolute atomic E-state index is 0.220. The smallest absolute Gasteiger partial charge is 0.286 e. The molecule has 2 rings (SSSR count). The number of amides is 1. The van der Waals surface area contributed by atoms with Gasteiger partial charge in [-0.05, 0) is 0 Å². The molecule has 8 nitrogen and oxygen atoms in total. The number of aromatic nitrogens is 4. The number of nitrogen functional groups attached to an aromatic ring is 1. The van der Waals surface area contributed by atoms with Crippen LogP contribution in [0, 0.1) is 0 Å². The van der Waals surface area contributed by atoms with Crippen molar-refractivity contribution in [1.82, 2.24) is 20.0 Å². The van der Waals surface area contributed by atoms with Crippen molar-refractivity contribution in [2.24, 2.45) is 0 Å². The average molecular weight is 268 g/mol. The molecule has 2 aromatic rings. The number of carbonyl (C=O) groups is 1. The zero-order valence-corrected chi connectivity index (χ0v) is 10.5. The highest BCUT2D eigenvalue weighted by Gasteiger charge is 2.12. The summed E-state index contributed by atoms with van der Waals surface area (Å²) in [6.07, 6.45) is 3.26. The predicted octanol–water partition coefficient (Wildman–Crippen LogP) is 0.215. The van der Waals surface area contributed by atoms with Gasteiger partial charge in [-0.15, -0.1) is 10.2 Å². The molecule has 0 aliphatic heterocycles. The molecule has 3 N–H and O–H groups in total. The van der Waals surface area contributed by atoms with Crippen LogP contribution in [0.4, 0.5) is 10.8 Å². The molecule has 0 fully saturated rings. The number of hydrogen-bond donors (Lipinski definition) is 2. The number of rotatable bonds is 5. The van der Waals surface area contributed by atoms with Gasteiger partial charge in [0, 0.05) is 13.3 Å². The van der Waals surface area contributed by atoms with Gasteiger partial charge >= 0.3 is 0 Å². The van der Waals surface area contributed by atoms with Crippen LogP contribution in [0.2, 0.25) is 0 Å². The Labute approximate surface area is 107 Å². The van der Waals surface area contributed by atoms with E-state index in [-0.39, 0.29) is 16.0 Å². The fourth-order valence-corrected chi connectivity index (χ4v) is 1.75. The largest absolute Gasteiger partial charge is 0.383 e. The van der Waals surface area contributed by atoms with Crippen molar-refractivity contribution in [3.63, 3.8) is 0 Å². The molecule has 2 aromatic heterocycles. The Morgan fingerprint density at radius 3 is 3.11 bits per heavy atom. The van der Waals surface area contributed by atoms with Gasteiger partial charge in [0.2, 0.25) is 10.1 Å². The average Bonchev–Trinajstić information content (AvgIpc) is 2.96. The monoisotopic (exact) mass is 268 g/mol. The van der Waals surface area contributed by atoms with Crippen LogP contribution in [0.15, 0.2) is 12.4 Å². The quantitative estimate of drug-likeness (QED) is 0.802. The van der Waals surface area contributed by atoms with Crippen molar-refractivity contribution in [2.75, 3.05) is 24.8 Å². The first-order valence-corrected chi connectivity index (χ1v) is 5.92. The lowest BCUT2D eigenvalue weighted by Gasteiger charge is -1.99. The summed E-state index contributed by atoms with van der Waals surface area (Å²) in [5, 5.41) is 14.4. The molecule has 0 aliphatic rings. The molecule has 0 radical (unpaired) electrons. The van der Waals surface area contributed by atoms with E-state index in [1.54, 1.807) is 24.2 Å². The number of methoxy groups -OCH3 is 1. The van der Waals surface area contributed by atoms with Gasteiger partial charge < -0.3 is 15.8 Å². The third-order valence-corrected chi connectivity index (χ3v) is 2.80. The van der Waals surface area contributed by atoms with Crippen molar-refractivity contribution < 1.29 is 9.53 Å². The van der Waals surface area contributed by atoms with Gasteiger partial charge in [-0.2, -0.15) is 5.10 Å². The SMILES string of the molecule is COCCn1cc(NC(=O)c2nnc(N)s2)cn1. The topological polar surface area (TPSA) is 108 Å². The maximum Gasteiger partial charge on any atom is 0.286 e. The molecule has 96 valence electrons. The Hall–Kier alpha value is -2.00. The van der Waals surface area contributed by atoms with Crippen molar-refractivity contribution in [2.45, 2.75) is 6.54 Å². The molecular formula is C9H12N6O2S. The van der Waals surface area contributed by atoms with Crippen molar-refractivity contribution in [3.05, 3.63) is 17.4 Å². The lowest BCUT2D eigenvalue weighted by molar-refractivity contribution is 0.102. The Balaban J connectivity index is 1.97. The van der Waals surface area contributed by atoms with E-state index in [1.807, 2.05) is 0 Å². The summed E-state index contributed by atoms with van der Waals surface area (Å²) in [6, 6.07) is 0. The van der Waals surface area contributed by atoms with Crippen LogP contribution in [-0.4, -0.2) is 39.6 Å². The fourth-order valence-electron chi connectivity index (χ4n) is 1.25. The van der Waals surface area contributed by atoms with Gasteiger partial charge in [0.25, 0.3) is 5.91 Å². The normalized spacial score (nSPS) is 10.5. The molecular weight excluding hydrogens is 256 g/mol. The van der Waals surface area contributed by atoms with Gasteiger partial charge in [0.1, 0.15) is 0 Å². The van der Waals surface area contributed by atoms with Crippen LogP contribution in [-0.2, 0) is 11.3 Å². The molecule has 0 unspecified atom stereocenters. The maximum absolute atomic E-state index is 11.7. The minimum atomic E-state index is -0.351. The molecule has 0 atom stereocenters. The van der Waals surface area contributed by atoms with E-state index >= 15 is 0 Å².